The summed E-state index contributed by atoms with van der Waals surface area (Å²) in [6.45, 7) is 2.49. The molecule has 1 aliphatic rings. The molecule has 0 aromatic carbocycles. The molecule has 0 aliphatic carbocycles. The smallest absolute Gasteiger partial charge is 0.171 e. The van der Waals surface area contributed by atoms with Crippen LogP contribution in [-0.2, 0) is 6.42 Å². The highest BCUT2D eigenvalue weighted by atomic mass is 16.5. The van der Waals surface area contributed by atoms with E-state index in [-0.39, 0.29) is 5.78 Å². The van der Waals surface area contributed by atoms with E-state index in [1.807, 2.05) is 6.92 Å². The molecule has 0 radical (unpaired) electrons. The van der Waals surface area contributed by atoms with Crippen LogP contribution in [0.15, 0.2) is 12.3 Å². The summed E-state index contributed by atoms with van der Waals surface area (Å²) in [7, 11) is 0. The summed E-state index contributed by atoms with van der Waals surface area (Å²) in [5.74, 6) is 0.856. The number of Topliss-reactive ketones (excluding diaryl/α,β-unsaturated/α-hetero) is 1. The predicted octanol–water partition coefficient (Wildman–Crippen LogP) is 1.61. The quantitative estimate of drug-likeness (QED) is 0.654. The molecule has 0 atom stereocenters. The van der Waals surface area contributed by atoms with E-state index >= 15 is 0 Å². The third-order valence-electron chi connectivity index (χ3n) is 2.19. The number of nitrogens with zero attached hydrogens (tertiary/aromatic N) is 1. The van der Waals surface area contributed by atoms with E-state index in [2.05, 4.69) is 4.98 Å². The molecule has 3 nitrogen and oxygen atoms in total. The van der Waals surface area contributed by atoms with Gasteiger partial charge in [0.25, 0.3) is 0 Å². The lowest BCUT2D eigenvalue weighted by Gasteiger charge is -2.17. The summed E-state index contributed by atoms with van der Waals surface area (Å²) >= 11 is 0. The molecule has 0 N–H and O–H groups in total. The molecule has 68 valence electrons. The Morgan fingerprint density at radius 2 is 2.46 bits per heavy atom. The summed E-state index contributed by atoms with van der Waals surface area (Å²) in [6, 6.07) is 1.76. The fourth-order valence-electron chi connectivity index (χ4n) is 1.55. The molecule has 0 spiro atoms. The summed E-state index contributed by atoms with van der Waals surface area (Å²) < 4.78 is 5.38. The second kappa shape index (κ2) is 3.17. The van der Waals surface area contributed by atoms with Gasteiger partial charge < -0.3 is 4.74 Å². The monoisotopic (exact) mass is 177 g/mol. The Morgan fingerprint density at radius 3 is 3.23 bits per heavy atom. The van der Waals surface area contributed by atoms with Crippen LogP contribution in [0.4, 0.5) is 0 Å². The van der Waals surface area contributed by atoms with Crippen molar-refractivity contribution in [1.29, 1.82) is 0 Å². The van der Waals surface area contributed by atoms with E-state index in [4.69, 9.17) is 4.74 Å². The Morgan fingerprint density at radius 1 is 1.62 bits per heavy atom. The Bertz CT molecular complexity index is 333. The van der Waals surface area contributed by atoms with Crippen molar-refractivity contribution in [1.82, 2.24) is 4.98 Å². The number of aryl methyl sites for hydroxylation is 1. The van der Waals surface area contributed by atoms with Crippen molar-refractivity contribution >= 4 is 5.78 Å². The molecule has 2 rings (SSSR count). The molecule has 1 aromatic rings. The van der Waals surface area contributed by atoms with Crippen LogP contribution < -0.4 is 4.74 Å². The zero-order valence-electron chi connectivity index (χ0n) is 7.54. The molecule has 13 heavy (non-hydrogen) atoms. The highest BCUT2D eigenvalue weighted by molar-refractivity contribution is 6.00. The number of pyridine rings is 1. The first kappa shape index (κ1) is 8.23. The number of hydrogen-bond acceptors (Lipinski definition) is 3. The van der Waals surface area contributed by atoms with E-state index in [9.17, 15) is 4.79 Å². The fourth-order valence-corrected chi connectivity index (χ4v) is 1.55. The van der Waals surface area contributed by atoms with Crippen LogP contribution in [0.3, 0.4) is 0 Å². The summed E-state index contributed by atoms with van der Waals surface area (Å²) in [6.07, 6.45) is 2.94. The lowest BCUT2D eigenvalue weighted by molar-refractivity contribution is 0.0931. The van der Waals surface area contributed by atoms with Gasteiger partial charge in [-0.1, -0.05) is 6.92 Å². The number of aromatic nitrogens is 1. The van der Waals surface area contributed by atoms with Crippen molar-refractivity contribution in [2.24, 2.45) is 0 Å². The lowest BCUT2D eigenvalue weighted by Crippen LogP contribution is -2.17. The lowest BCUT2D eigenvalue weighted by atomic mass is 10.0. The average molecular weight is 177 g/mol. The Kier molecular flexibility index (Phi) is 2.00. The molecule has 0 amide bonds. The third kappa shape index (κ3) is 1.30. The SMILES string of the molecule is CCc1nccc2c1C(=O)CCO2. The number of ketones is 1. The van der Waals surface area contributed by atoms with Gasteiger partial charge in [-0.05, 0) is 12.5 Å². The van der Waals surface area contributed by atoms with Crippen molar-refractivity contribution in [3.63, 3.8) is 0 Å². The maximum Gasteiger partial charge on any atom is 0.171 e. The van der Waals surface area contributed by atoms with Gasteiger partial charge in [0, 0.05) is 12.6 Å². The van der Waals surface area contributed by atoms with Crippen LogP contribution in [0, 0.1) is 0 Å². The first-order valence-corrected chi connectivity index (χ1v) is 4.46. The summed E-state index contributed by atoms with van der Waals surface area (Å²) in [5.41, 5.74) is 1.54. The molecule has 0 saturated heterocycles. The maximum absolute atomic E-state index is 11.5. The van der Waals surface area contributed by atoms with Crippen molar-refractivity contribution < 1.29 is 9.53 Å². The van der Waals surface area contributed by atoms with Gasteiger partial charge in [-0.3, -0.25) is 9.78 Å². The van der Waals surface area contributed by atoms with Gasteiger partial charge in [0.15, 0.2) is 5.78 Å². The Balaban J connectivity index is 2.56. The van der Waals surface area contributed by atoms with E-state index in [1.54, 1.807) is 12.3 Å². The number of carbonyl (C=O) groups excluding carboxylic acids is 1. The van der Waals surface area contributed by atoms with E-state index in [1.165, 1.54) is 0 Å². The Labute approximate surface area is 76.7 Å². The van der Waals surface area contributed by atoms with E-state index in [0.717, 1.165) is 12.1 Å². The zero-order valence-corrected chi connectivity index (χ0v) is 7.54. The summed E-state index contributed by atoms with van der Waals surface area (Å²) in [5, 5.41) is 0. The van der Waals surface area contributed by atoms with Gasteiger partial charge in [-0.15, -0.1) is 0 Å². The van der Waals surface area contributed by atoms with Crippen LogP contribution in [0.1, 0.15) is 29.4 Å². The van der Waals surface area contributed by atoms with E-state index in [0.29, 0.717) is 24.3 Å². The standard InChI is InChI=1S/C10H11NO2/c1-2-7-10-8(12)4-6-13-9(10)3-5-11-7/h3,5H,2,4,6H2,1H3. The van der Waals surface area contributed by atoms with Crippen LogP contribution >= 0.6 is 0 Å². The minimum atomic E-state index is 0.159. The predicted molar refractivity (Wildman–Crippen MR) is 48.1 cm³/mol. The summed E-state index contributed by atoms with van der Waals surface area (Å²) in [4.78, 5) is 15.7. The molecular formula is C10H11NO2. The fraction of sp³-hybridized carbons (Fsp3) is 0.400. The Hall–Kier alpha value is -1.38. The van der Waals surface area contributed by atoms with Crippen LogP contribution in [0.5, 0.6) is 5.75 Å². The first-order valence-electron chi connectivity index (χ1n) is 4.46. The highest BCUT2D eigenvalue weighted by Gasteiger charge is 2.21. The molecule has 3 heteroatoms. The molecule has 1 aliphatic heterocycles. The molecule has 0 bridgehead atoms. The van der Waals surface area contributed by atoms with Gasteiger partial charge in [0.1, 0.15) is 5.75 Å². The highest BCUT2D eigenvalue weighted by Crippen LogP contribution is 2.26. The maximum atomic E-state index is 11.5. The third-order valence-corrected chi connectivity index (χ3v) is 2.19. The number of fused-ring (bicyclic) bond motifs is 1. The number of carbonyl (C=O) groups is 1. The van der Waals surface area contributed by atoms with Gasteiger partial charge >= 0.3 is 0 Å². The zero-order chi connectivity index (χ0) is 9.26. The van der Waals surface area contributed by atoms with Crippen LogP contribution in [0.2, 0.25) is 0 Å². The van der Waals surface area contributed by atoms with Crippen LogP contribution in [0.25, 0.3) is 0 Å². The molecule has 0 unspecified atom stereocenters. The largest absolute Gasteiger partial charge is 0.492 e. The number of ether oxygens (including phenoxy) is 1. The first-order chi connectivity index (χ1) is 6.33. The molecule has 0 saturated carbocycles. The molecule has 0 fully saturated rings. The second-order valence-corrected chi connectivity index (χ2v) is 3.01. The molecular weight excluding hydrogens is 166 g/mol. The van der Waals surface area contributed by atoms with Crippen molar-refractivity contribution in [3.05, 3.63) is 23.5 Å². The van der Waals surface area contributed by atoms with Crippen molar-refractivity contribution in [2.45, 2.75) is 19.8 Å². The van der Waals surface area contributed by atoms with Gasteiger partial charge in [-0.25, -0.2) is 0 Å². The van der Waals surface area contributed by atoms with Gasteiger partial charge in [0.2, 0.25) is 0 Å². The number of hydrogen-bond donors (Lipinski definition) is 0. The minimum absolute atomic E-state index is 0.159. The normalized spacial score (nSPS) is 15.0. The van der Waals surface area contributed by atoms with E-state index < -0.39 is 0 Å². The van der Waals surface area contributed by atoms with Gasteiger partial charge in [0.05, 0.1) is 17.9 Å². The molecule has 2 heterocycles. The molecule has 1 aromatic heterocycles. The van der Waals surface area contributed by atoms with Crippen molar-refractivity contribution in [2.75, 3.05) is 6.61 Å². The van der Waals surface area contributed by atoms with Crippen LogP contribution in [-0.4, -0.2) is 17.4 Å². The van der Waals surface area contributed by atoms with Crippen molar-refractivity contribution in [3.8, 4) is 5.75 Å². The minimum Gasteiger partial charge on any atom is -0.492 e. The second-order valence-electron chi connectivity index (χ2n) is 3.01. The average Bonchev–Trinajstić information content (AvgIpc) is 2.17. The number of rotatable bonds is 1. The van der Waals surface area contributed by atoms with Gasteiger partial charge in [-0.2, -0.15) is 0 Å². The topological polar surface area (TPSA) is 39.2 Å².